The molecule has 0 unspecified atom stereocenters. The number of carbonyl (C=O) groups is 1. The smallest absolute Gasteiger partial charge is 0.232 e. The maximum atomic E-state index is 11.4. The molecule has 15 heavy (non-hydrogen) atoms. The van der Waals surface area contributed by atoms with Crippen molar-refractivity contribution in [1.82, 2.24) is 4.90 Å². The molecule has 1 rings (SSSR count). The number of nitrogen functional groups attached to an aromatic ring is 1. The number of amides is 1. The number of thioether (sulfide) groups is 1. The Morgan fingerprint density at radius 3 is 2.73 bits per heavy atom. The van der Waals surface area contributed by atoms with Crippen LogP contribution < -0.4 is 5.73 Å². The van der Waals surface area contributed by atoms with Crippen molar-refractivity contribution in [2.75, 3.05) is 25.6 Å². The van der Waals surface area contributed by atoms with E-state index in [1.54, 1.807) is 19.0 Å². The molecule has 3 nitrogen and oxygen atoms in total. The van der Waals surface area contributed by atoms with Gasteiger partial charge >= 0.3 is 0 Å². The van der Waals surface area contributed by atoms with Gasteiger partial charge in [-0.3, -0.25) is 4.79 Å². The summed E-state index contributed by atoms with van der Waals surface area (Å²) in [6, 6.07) is 5.57. The average Bonchev–Trinajstić information content (AvgIpc) is 2.15. The third kappa shape index (κ3) is 3.76. The number of benzene rings is 1. The van der Waals surface area contributed by atoms with E-state index in [4.69, 9.17) is 5.73 Å². The molecule has 82 valence electrons. The molecule has 0 aromatic heterocycles. The number of anilines is 1. The number of hydrogen-bond donors (Lipinski definition) is 1. The molecule has 0 aliphatic carbocycles. The van der Waals surface area contributed by atoms with Gasteiger partial charge in [0, 0.05) is 29.2 Å². The molecule has 0 fully saturated rings. The summed E-state index contributed by atoms with van der Waals surface area (Å²) in [6.45, 7) is 0. The molecule has 1 aromatic carbocycles. The lowest BCUT2D eigenvalue weighted by Crippen LogP contribution is -2.23. The Kier molecular flexibility index (Phi) is 4.47. The lowest BCUT2D eigenvalue weighted by Gasteiger charge is -2.10. The first-order valence-corrected chi connectivity index (χ1v) is 6.16. The fourth-order valence-electron chi connectivity index (χ4n) is 0.903. The van der Waals surface area contributed by atoms with Gasteiger partial charge in [0.05, 0.1) is 5.75 Å². The van der Waals surface area contributed by atoms with Crippen molar-refractivity contribution in [3.05, 3.63) is 22.7 Å². The molecular formula is C10H13BrN2OS. The average molecular weight is 289 g/mol. The number of carbonyl (C=O) groups excluding carboxylic acids is 1. The number of nitrogens with two attached hydrogens (primary N) is 1. The highest BCUT2D eigenvalue weighted by molar-refractivity contribution is 9.10. The van der Waals surface area contributed by atoms with Crippen molar-refractivity contribution in [1.29, 1.82) is 0 Å². The Labute approximate surface area is 102 Å². The number of nitrogens with zero attached hydrogens (tertiary/aromatic N) is 1. The van der Waals surface area contributed by atoms with E-state index >= 15 is 0 Å². The maximum absolute atomic E-state index is 11.4. The summed E-state index contributed by atoms with van der Waals surface area (Å²) >= 11 is 4.91. The fraction of sp³-hybridized carbons (Fsp3) is 0.300. The fourth-order valence-corrected chi connectivity index (χ4v) is 2.54. The van der Waals surface area contributed by atoms with Crippen LogP contribution in [0, 0.1) is 0 Å². The van der Waals surface area contributed by atoms with Gasteiger partial charge in [-0.05, 0) is 34.1 Å². The van der Waals surface area contributed by atoms with Crippen LogP contribution in [0.5, 0.6) is 0 Å². The highest BCUT2D eigenvalue weighted by Crippen LogP contribution is 2.29. The van der Waals surface area contributed by atoms with Gasteiger partial charge in [0.25, 0.3) is 0 Å². The van der Waals surface area contributed by atoms with E-state index in [0.29, 0.717) is 11.4 Å². The summed E-state index contributed by atoms with van der Waals surface area (Å²) in [7, 11) is 3.50. The highest BCUT2D eigenvalue weighted by atomic mass is 79.9. The molecule has 0 saturated carbocycles. The minimum atomic E-state index is 0.101. The zero-order valence-electron chi connectivity index (χ0n) is 8.66. The highest BCUT2D eigenvalue weighted by Gasteiger charge is 2.07. The molecule has 0 heterocycles. The van der Waals surface area contributed by atoms with Crippen LogP contribution in [0.4, 0.5) is 5.69 Å². The van der Waals surface area contributed by atoms with Crippen molar-refractivity contribution in [3.63, 3.8) is 0 Å². The van der Waals surface area contributed by atoms with Gasteiger partial charge in [-0.25, -0.2) is 0 Å². The zero-order valence-corrected chi connectivity index (χ0v) is 11.1. The van der Waals surface area contributed by atoms with Crippen LogP contribution in [0.15, 0.2) is 27.6 Å². The minimum Gasteiger partial charge on any atom is -0.399 e. The van der Waals surface area contributed by atoms with Gasteiger partial charge in [0.15, 0.2) is 0 Å². The molecular weight excluding hydrogens is 276 g/mol. The quantitative estimate of drug-likeness (QED) is 0.685. The second-order valence-corrected chi connectivity index (χ2v) is 5.14. The van der Waals surface area contributed by atoms with Gasteiger partial charge in [-0.15, -0.1) is 11.8 Å². The topological polar surface area (TPSA) is 46.3 Å². The van der Waals surface area contributed by atoms with E-state index in [0.717, 1.165) is 9.37 Å². The lowest BCUT2D eigenvalue weighted by molar-refractivity contribution is -0.125. The SMILES string of the molecule is CN(C)C(=O)CSc1ccc(N)cc1Br. The summed E-state index contributed by atoms with van der Waals surface area (Å²) in [5.74, 6) is 0.541. The normalized spacial score (nSPS) is 10.1. The van der Waals surface area contributed by atoms with Gasteiger partial charge in [-0.2, -0.15) is 0 Å². The Morgan fingerprint density at radius 2 is 2.20 bits per heavy atom. The molecule has 1 aromatic rings. The molecule has 0 spiro atoms. The van der Waals surface area contributed by atoms with Crippen molar-refractivity contribution in [2.24, 2.45) is 0 Å². The summed E-state index contributed by atoms with van der Waals surface area (Å²) in [6.07, 6.45) is 0. The van der Waals surface area contributed by atoms with E-state index in [9.17, 15) is 4.79 Å². The van der Waals surface area contributed by atoms with Crippen LogP contribution in [-0.4, -0.2) is 30.7 Å². The van der Waals surface area contributed by atoms with Crippen molar-refractivity contribution in [3.8, 4) is 0 Å². The molecule has 2 N–H and O–H groups in total. The van der Waals surface area contributed by atoms with Crippen LogP contribution in [-0.2, 0) is 4.79 Å². The van der Waals surface area contributed by atoms with Gasteiger partial charge in [0.1, 0.15) is 0 Å². The third-order valence-electron chi connectivity index (χ3n) is 1.81. The second-order valence-electron chi connectivity index (χ2n) is 3.27. The molecule has 1 amide bonds. The predicted molar refractivity (Wildman–Crippen MR) is 68.0 cm³/mol. The predicted octanol–water partition coefficient (Wildman–Crippen LogP) is 2.21. The summed E-state index contributed by atoms with van der Waals surface area (Å²) in [5, 5.41) is 0. The monoisotopic (exact) mass is 288 g/mol. The summed E-state index contributed by atoms with van der Waals surface area (Å²) in [5.41, 5.74) is 6.33. The number of rotatable bonds is 3. The summed E-state index contributed by atoms with van der Waals surface area (Å²) in [4.78, 5) is 14.0. The van der Waals surface area contributed by atoms with E-state index < -0.39 is 0 Å². The third-order valence-corrected chi connectivity index (χ3v) is 3.78. The van der Waals surface area contributed by atoms with Gasteiger partial charge in [-0.1, -0.05) is 0 Å². The van der Waals surface area contributed by atoms with Crippen molar-refractivity contribution >= 4 is 39.3 Å². The van der Waals surface area contributed by atoms with Crippen molar-refractivity contribution < 1.29 is 4.79 Å². The molecule has 0 bridgehead atoms. The molecule has 0 aliphatic rings. The van der Waals surface area contributed by atoms with E-state index in [1.165, 1.54) is 11.8 Å². The second kappa shape index (κ2) is 5.42. The van der Waals surface area contributed by atoms with Crippen LogP contribution in [0.3, 0.4) is 0 Å². The van der Waals surface area contributed by atoms with Gasteiger partial charge in [0.2, 0.25) is 5.91 Å². The van der Waals surface area contributed by atoms with E-state index in [2.05, 4.69) is 15.9 Å². The molecule has 5 heteroatoms. The van der Waals surface area contributed by atoms with E-state index in [1.807, 2.05) is 18.2 Å². The molecule has 0 atom stereocenters. The zero-order chi connectivity index (χ0) is 11.4. The van der Waals surface area contributed by atoms with E-state index in [-0.39, 0.29) is 5.91 Å². The minimum absolute atomic E-state index is 0.101. The molecule has 0 saturated heterocycles. The van der Waals surface area contributed by atoms with Crippen LogP contribution >= 0.6 is 27.7 Å². The Hall–Kier alpha value is -0.680. The number of halogens is 1. The van der Waals surface area contributed by atoms with Crippen LogP contribution in [0.2, 0.25) is 0 Å². The van der Waals surface area contributed by atoms with Crippen LogP contribution in [0.25, 0.3) is 0 Å². The van der Waals surface area contributed by atoms with Crippen LogP contribution in [0.1, 0.15) is 0 Å². The molecule has 0 radical (unpaired) electrons. The first-order chi connectivity index (χ1) is 7.00. The summed E-state index contributed by atoms with van der Waals surface area (Å²) < 4.78 is 0.930. The number of hydrogen-bond acceptors (Lipinski definition) is 3. The molecule has 0 aliphatic heterocycles. The Balaban J connectivity index is 2.62. The Morgan fingerprint density at radius 1 is 1.53 bits per heavy atom. The first-order valence-electron chi connectivity index (χ1n) is 4.38. The Bertz CT molecular complexity index is 368. The standard InChI is InChI=1S/C10H13BrN2OS/c1-13(2)10(14)6-15-9-4-3-7(12)5-8(9)11/h3-5H,6,12H2,1-2H3. The maximum Gasteiger partial charge on any atom is 0.232 e. The van der Waals surface area contributed by atoms with Crippen molar-refractivity contribution in [2.45, 2.75) is 4.90 Å². The van der Waals surface area contributed by atoms with Gasteiger partial charge < -0.3 is 10.6 Å². The largest absolute Gasteiger partial charge is 0.399 e. The lowest BCUT2D eigenvalue weighted by atomic mass is 10.3. The first kappa shape index (κ1) is 12.4.